The van der Waals surface area contributed by atoms with Crippen molar-refractivity contribution < 1.29 is 0 Å². The largest absolute Gasteiger partial charge is 0.310 e. The number of thiophene rings is 1. The summed E-state index contributed by atoms with van der Waals surface area (Å²) in [4.78, 5) is 2.95. The topological polar surface area (TPSA) is 12.0 Å². The quantitative estimate of drug-likeness (QED) is 0.771. The lowest BCUT2D eigenvalue weighted by Gasteiger charge is -2.16. The van der Waals surface area contributed by atoms with Crippen molar-refractivity contribution in [3.05, 3.63) is 21.9 Å². The molecule has 1 heterocycles. The lowest BCUT2D eigenvalue weighted by atomic mass is 10.1. The first-order valence-electron chi connectivity index (χ1n) is 6.09. The van der Waals surface area contributed by atoms with Crippen LogP contribution in [0.25, 0.3) is 0 Å². The Balaban J connectivity index is 1.91. The van der Waals surface area contributed by atoms with Gasteiger partial charge in [0.1, 0.15) is 0 Å². The van der Waals surface area contributed by atoms with Crippen molar-refractivity contribution >= 4 is 11.3 Å². The maximum Gasteiger partial charge on any atom is 0.0414 e. The Bertz CT molecular complexity index is 301. The molecule has 84 valence electrons. The Kier molecular flexibility index (Phi) is 3.81. The van der Waals surface area contributed by atoms with Crippen LogP contribution in [0.2, 0.25) is 0 Å². The third kappa shape index (κ3) is 3.32. The van der Waals surface area contributed by atoms with Gasteiger partial charge in [0.2, 0.25) is 0 Å². The molecular formula is C13H21NS. The summed E-state index contributed by atoms with van der Waals surface area (Å²) >= 11 is 1.95. The van der Waals surface area contributed by atoms with Crippen molar-refractivity contribution in [1.29, 1.82) is 0 Å². The molecule has 1 nitrogen and oxygen atoms in total. The van der Waals surface area contributed by atoms with Crippen LogP contribution in [-0.4, -0.2) is 6.54 Å². The van der Waals surface area contributed by atoms with E-state index in [1.807, 2.05) is 11.3 Å². The van der Waals surface area contributed by atoms with E-state index in [1.165, 1.54) is 35.4 Å². The van der Waals surface area contributed by atoms with E-state index in [0.29, 0.717) is 6.04 Å². The highest BCUT2D eigenvalue weighted by Crippen LogP contribution is 2.36. The standard InChI is InChI=1S/C13H21NS/c1-3-14-12(8-7-11-5-6-11)13-9-4-10(2)15-13/h4,9,11-12,14H,3,5-8H2,1-2H3. The molecule has 0 spiro atoms. The molecule has 1 aromatic heterocycles. The van der Waals surface area contributed by atoms with Gasteiger partial charge < -0.3 is 5.32 Å². The molecule has 0 aliphatic heterocycles. The van der Waals surface area contributed by atoms with E-state index in [2.05, 4.69) is 31.3 Å². The summed E-state index contributed by atoms with van der Waals surface area (Å²) in [5.41, 5.74) is 0. The Morgan fingerprint density at radius 2 is 2.27 bits per heavy atom. The van der Waals surface area contributed by atoms with Gasteiger partial charge in [0.15, 0.2) is 0 Å². The van der Waals surface area contributed by atoms with Gasteiger partial charge in [-0.15, -0.1) is 11.3 Å². The van der Waals surface area contributed by atoms with E-state index in [-0.39, 0.29) is 0 Å². The number of hydrogen-bond donors (Lipinski definition) is 1. The molecule has 1 N–H and O–H groups in total. The van der Waals surface area contributed by atoms with Gasteiger partial charge in [0.25, 0.3) is 0 Å². The van der Waals surface area contributed by atoms with Crippen molar-refractivity contribution in [2.45, 2.75) is 45.6 Å². The highest BCUT2D eigenvalue weighted by atomic mass is 32.1. The zero-order chi connectivity index (χ0) is 10.7. The third-order valence-corrected chi connectivity index (χ3v) is 4.23. The summed E-state index contributed by atoms with van der Waals surface area (Å²) in [6.45, 7) is 5.47. The van der Waals surface area contributed by atoms with Crippen LogP contribution in [0.5, 0.6) is 0 Å². The van der Waals surface area contributed by atoms with Crippen LogP contribution in [0.3, 0.4) is 0 Å². The minimum atomic E-state index is 0.606. The van der Waals surface area contributed by atoms with Gasteiger partial charge in [0, 0.05) is 15.8 Å². The minimum absolute atomic E-state index is 0.606. The normalized spacial score (nSPS) is 18.0. The van der Waals surface area contributed by atoms with E-state index >= 15 is 0 Å². The maximum atomic E-state index is 3.61. The predicted molar refractivity (Wildman–Crippen MR) is 67.4 cm³/mol. The van der Waals surface area contributed by atoms with Crippen molar-refractivity contribution in [2.75, 3.05) is 6.54 Å². The van der Waals surface area contributed by atoms with E-state index in [0.717, 1.165) is 12.5 Å². The third-order valence-electron chi connectivity index (χ3n) is 3.12. The smallest absolute Gasteiger partial charge is 0.0414 e. The van der Waals surface area contributed by atoms with Crippen LogP contribution < -0.4 is 5.32 Å². The van der Waals surface area contributed by atoms with Gasteiger partial charge in [-0.2, -0.15) is 0 Å². The van der Waals surface area contributed by atoms with Crippen molar-refractivity contribution in [1.82, 2.24) is 5.32 Å². The first-order valence-corrected chi connectivity index (χ1v) is 6.91. The second kappa shape index (κ2) is 5.13. The SMILES string of the molecule is CCNC(CCC1CC1)c1ccc(C)s1. The van der Waals surface area contributed by atoms with Crippen LogP contribution in [0.15, 0.2) is 12.1 Å². The lowest BCUT2D eigenvalue weighted by Crippen LogP contribution is -2.20. The summed E-state index contributed by atoms with van der Waals surface area (Å²) in [6.07, 6.45) is 5.68. The maximum absolute atomic E-state index is 3.61. The van der Waals surface area contributed by atoms with Gasteiger partial charge in [-0.3, -0.25) is 0 Å². The van der Waals surface area contributed by atoms with E-state index in [1.54, 1.807) is 0 Å². The molecule has 2 heteroatoms. The van der Waals surface area contributed by atoms with Gasteiger partial charge in [-0.05, 0) is 44.4 Å². The highest BCUT2D eigenvalue weighted by Gasteiger charge is 2.23. The molecule has 1 aliphatic rings. The molecule has 0 saturated heterocycles. The fraction of sp³-hybridized carbons (Fsp3) is 0.692. The predicted octanol–water partition coefficient (Wildman–Crippen LogP) is 3.90. The van der Waals surface area contributed by atoms with Crippen molar-refractivity contribution in [3.8, 4) is 0 Å². The Morgan fingerprint density at radius 1 is 1.47 bits per heavy atom. The van der Waals surface area contributed by atoms with Crippen LogP contribution >= 0.6 is 11.3 Å². The van der Waals surface area contributed by atoms with Crippen LogP contribution in [-0.2, 0) is 0 Å². The average Bonchev–Trinajstić information content (AvgIpc) is 2.95. The minimum Gasteiger partial charge on any atom is -0.310 e. The monoisotopic (exact) mass is 223 g/mol. The van der Waals surface area contributed by atoms with Crippen LogP contribution in [0.4, 0.5) is 0 Å². The van der Waals surface area contributed by atoms with Gasteiger partial charge in [0.05, 0.1) is 0 Å². The molecular weight excluding hydrogens is 202 g/mol. The Hall–Kier alpha value is -0.340. The summed E-state index contributed by atoms with van der Waals surface area (Å²) in [5.74, 6) is 1.05. The highest BCUT2D eigenvalue weighted by molar-refractivity contribution is 7.12. The molecule has 15 heavy (non-hydrogen) atoms. The van der Waals surface area contributed by atoms with Crippen LogP contribution in [0.1, 0.15) is 48.4 Å². The molecule has 1 aromatic rings. The van der Waals surface area contributed by atoms with Gasteiger partial charge >= 0.3 is 0 Å². The first-order chi connectivity index (χ1) is 7.29. The average molecular weight is 223 g/mol. The second-order valence-corrected chi connectivity index (χ2v) is 5.90. The molecule has 0 bridgehead atoms. The van der Waals surface area contributed by atoms with Crippen molar-refractivity contribution in [3.63, 3.8) is 0 Å². The number of hydrogen-bond acceptors (Lipinski definition) is 2. The summed E-state index contributed by atoms with van der Waals surface area (Å²) < 4.78 is 0. The number of rotatable bonds is 6. The van der Waals surface area contributed by atoms with E-state index in [9.17, 15) is 0 Å². The molecule has 1 atom stereocenters. The van der Waals surface area contributed by atoms with Gasteiger partial charge in [-0.25, -0.2) is 0 Å². The molecule has 0 radical (unpaired) electrons. The molecule has 1 saturated carbocycles. The summed E-state index contributed by atoms with van der Waals surface area (Å²) in [6, 6.07) is 5.14. The molecule has 1 unspecified atom stereocenters. The Labute approximate surface area is 96.9 Å². The van der Waals surface area contributed by atoms with E-state index < -0.39 is 0 Å². The van der Waals surface area contributed by atoms with Crippen LogP contribution in [0, 0.1) is 12.8 Å². The number of nitrogens with one attached hydrogen (secondary N) is 1. The first kappa shape index (κ1) is 11.2. The number of aryl methyl sites for hydroxylation is 1. The second-order valence-electron chi connectivity index (χ2n) is 4.58. The Morgan fingerprint density at radius 3 is 2.80 bits per heavy atom. The van der Waals surface area contributed by atoms with Gasteiger partial charge in [-0.1, -0.05) is 19.8 Å². The van der Waals surface area contributed by atoms with E-state index in [4.69, 9.17) is 0 Å². The zero-order valence-corrected chi connectivity index (χ0v) is 10.6. The summed E-state index contributed by atoms with van der Waals surface area (Å²) in [5, 5.41) is 3.61. The fourth-order valence-electron chi connectivity index (χ4n) is 2.04. The van der Waals surface area contributed by atoms with Crippen molar-refractivity contribution in [2.24, 2.45) is 5.92 Å². The molecule has 1 fully saturated rings. The zero-order valence-electron chi connectivity index (χ0n) is 9.75. The fourth-order valence-corrected chi connectivity index (χ4v) is 3.03. The summed E-state index contributed by atoms with van der Waals surface area (Å²) in [7, 11) is 0. The molecule has 0 aromatic carbocycles. The molecule has 1 aliphatic carbocycles. The molecule has 0 amide bonds. The lowest BCUT2D eigenvalue weighted by molar-refractivity contribution is 0.488. The molecule has 2 rings (SSSR count).